The van der Waals surface area contributed by atoms with Crippen LogP contribution in [0.2, 0.25) is 0 Å². The van der Waals surface area contributed by atoms with E-state index in [2.05, 4.69) is 30.6 Å². The van der Waals surface area contributed by atoms with Gasteiger partial charge in [0, 0.05) is 10.0 Å². The van der Waals surface area contributed by atoms with Crippen molar-refractivity contribution in [3.63, 3.8) is 0 Å². The number of ketones is 1. The second-order valence-corrected chi connectivity index (χ2v) is 4.54. The van der Waals surface area contributed by atoms with Crippen LogP contribution < -0.4 is 0 Å². The van der Waals surface area contributed by atoms with E-state index >= 15 is 0 Å². The standard InChI is InChI=1S/C11H6BrF3N2O2/c12-7-3-1-2-6(4-7)10-16-9(19-17-10)5-8(18)11(13,14)15/h1-4H,5H2. The number of carbonyl (C=O) groups is 1. The molecule has 2 rings (SSSR count). The van der Waals surface area contributed by atoms with Gasteiger partial charge in [0.2, 0.25) is 17.5 Å². The summed E-state index contributed by atoms with van der Waals surface area (Å²) >= 11 is 3.24. The molecule has 0 unspecified atom stereocenters. The highest BCUT2D eigenvalue weighted by Crippen LogP contribution is 2.22. The van der Waals surface area contributed by atoms with Crippen LogP contribution in [0.15, 0.2) is 33.3 Å². The summed E-state index contributed by atoms with van der Waals surface area (Å²) in [6.07, 6.45) is -5.85. The number of aromatic nitrogens is 2. The van der Waals surface area contributed by atoms with Crippen LogP contribution >= 0.6 is 15.9 Å². The van der Waals surface area contributed by atoms with Crippen molar-refractivity contribution >= 4 is 21.7 Å². The number of alkyl halides is 3. The lowest BCUT2D eigenvalue weighted by Crippen LogP contribution is -2.24. The topological polar surface area (TPSA) is 56.0 Å². The number of benzene rings is 1. The van der Waals surface area contributed by atoms with Gasteiger partial charge in [0.05, 0.1) is 6.42 Å². The Balaban J connectivity index is 2.18. The van der Waals surface area contributed by atoms with Crippen molar-refractivity contribution in [2.45, 2.75) is 12.6 Å². The molecule has 0 N–H and O–H groups in total. The molecule has 100 valence electrons. The summed E-state index contributed by atoms with van der Waals surface area (Å²) in [5, 5.41) is 3.54. The van der Waals surface area contributed by atoms with Crippen LogP contribution in [0.5, 0.6) is 0 Å². The molecule has 19 heavy (non-hydrogen) atoms. The first-order chi connectivity index (χ1) is 8.86. The molecule has 0 aliphatic rings. The molecule has 0 aliphatic carbocycles. The van der Waals surface area contributed by atoms with Gasteiger partial charge in [-0.15, -0.1) is 0 Å². The highest BCUT2D eigenvalue weighted by atomic mass is 79.9. The molecule has 1 aromatic heterocycles. The number of hydrogen-bond donors (Lipinski definition) is 0. The summed E-state index contributed by atoms with van der Waals surface area (Å²) < 4.78 is 41.6. The molecule has 8 heteroatoms. The zero-order valence-electron chi connectivity index (χ0n) is 9.24. The second kappa shape index (κ2) is 5.12. The van der Waals surface area contributed by atoms with Crippen molar-refractivity contribution in [3.05, 3.63) is 34.6 Å². The van der Waals surface area contributed by atoms with Crippen LogP contribution in [-0.2, 0) is 11.2 Å². The molecule has 1 aromatic carbocycles. The first kappa shape index (κ1) is 13.7. The minimum Gasteiger partial charge on any atom is -0.338 e. The Kier molecular flexibility index (Phi) is 3.70. The number of rotatable bonds is 3. The van der Waals surface area contributed by atoms with Gasteiger partial charge < -0.3 is 4.52 Å². The average molecular weight is 335 g/mol. The molecule has 2 aromatic rings. The fourth-order valence-corrected chi connectivity index (χ4v) is 1.71. The lowest BCUT2D eigenvalue weighted by atomic mass is 10.2. The Labute approximate surface area is 113 Å². The Morgan fingerprint density at radius 1 is 1.37 bits per heavy atom. The fraction of sp³-hybridized carbons (Fsp3) is 0.182. The van der Waals surface area contributed by atoms with Crippen LogP contribution in [0.4, 0.5) is 13.2 Å². The summed E-state index contributed by atoms with van der Waals surface area (Å²) in [4.78, 5) is 14.5. The number of halogens is 4. The Morgan fingerprint density at radius 3 is 2.74 bits per heavy atom. The third kappa shape index (κ3) is 3.40. The zero-order chi connectivity index (χ0) is 14.0. The maximum Gasteiger partial charge on any atom is 0.450 e. The summed E-state index contributed by atoms with van der Waals surface area (Å²) in [5.74, 6) is -2.15. The van der Waals surface area contributed by atoms with Gasteiger partial charge in [0.25, 0.3) is 0 Å². The van der Waals surface area contributed by atoms with Gasteiger partial charge in [-0.05, 0) is 12.1 Å². The van der Waals surface area contributed by atoms with Gasteiger partial charge in [-0.25, -0.2) is 0 Å². The van der Waals surface area contributed by atoms with Crippen molar-refractivity contribution < 1.29 is 22.5 Å². The van der Waals surface area contributed by atoms with Crippen molar-refractivity contribution in [1.29, 1.82) is 0 Å². The number of Topliss-reactive ketones (excluding diaryl/α,β-unsaturated/α-hetero) is 1. The minimum absolute atomic E-state index is 0.131. The predicted molar refractivity (Wildman–Crippen MR) is 62.2 cm³/mol. The van der Waals surface area contributed by atoms with Gasteiger partial charge in [-0.1, -0.05) is 33.2 Å². The molecule has 0 spiro atoms. The van der Waals surface area contributed by atoms with Gasteiger partial charge in [-0.3, -0.25) is 4.79 Å². The molecule has 0 bridgehead atoms. The molecule has 0 saturated carbocycles. The van der Waals surface area contributed by atoms with Crippen molar-refractivity contribution in [2.24, 2.45) is 0 Å². The molecule has 0 amide bonds. The smallest absolute Gasteiger partial charge is 0.338 e. The summed E-state index contributed by atoms with van der Waals surface area (Å²) in [6, 6.07) is 6.85. The summed E-state index contributed by atoms with van der Waals surface area (Å²) in [5.41, 5.74) is 0.573. The SMILES string of the molecule is O=C(Cc1nc(-c2cccc(Br)c2)no1)C(F)(F)F. The molecule has 0 fully saturated rings. The summed E-state index contributed by atoms with van der Waals surface area (Å²) in [7, 11) is 0. The number of hydrogen-bond acceptors (Lipinski definition) is 4. The molecule has 0 radical (unpaired) electrons. The van der Waals surface area contributed by atoms with Crippen LogP contribution in [0.25, 0.3) is 11.4 Å². The lowest BCUT2D eigenvalue weighted by Gasteiger charge is -2.00. The molecular weight excluding hydrogens is 329 g/mol. The minimum atomic E-state index is -4.90. The number of nitrogens with zero attached hydrogens (tertiary/aromatic N) is 2. The van der Waals surface area contributed by atoms with E-state index in [-0.39, 0.29) is 11.7 Å². The molecule has 0 aliphatic heterocycles. The largest absolute Gasteiger partial charge is 0.450 e. The van der Waals surface area contributed by atoms with Gasteiger partial charge in [0.1, 0.15) is 0 Å². The highest BCUT2D eigenvalue weighted by molar-refractivity contribution is 9.10. The number of carbonyl (C=O) groups excluding carboxylic acids is 1. The quantitative estimate of drug-likeness (QED) is 0.865. The first-order valence-corrected chi connectivity index (χ1v) is 5.84. The van der Waals surface area contributed by atoms with E-state index in [4.69, 9.17) is 0 Å². The maximum atomic E-state index is 12.1. The van der Waals surface area contributed by atoms with Crippen molar-refractivity contribution in [1.82, 2.24) is 10.1 Å². The van der Waals surface area contributed by atoms with Gasteiger partial charge in [0.15, 0.2) is 0 Å². The predicted octanol–water partition coefficient (Wildman–Crippen LogP) is 3.17. The van der Waals surface area contributed by atoms with E-state index in [9.17, 15) is 18.0 Å². The third-order valence-electron chi connectivity index (χ3n) is 2.18. The molecule has 1 heterocycles. The van der Waals surface area contributed by atoms with E-state index < -0.39 is 18.4 Å². The van der Waals surface area contributed by atoms with E-state index in [0.717, 1.165) is 4.47 Å². The normalized spacial score (nSPS) is 11.6. The zero-order valence-corrected chi connectivity index (χ0v) is 10.8. The first-order valence-electron chi connectivity index (χ1n) is 5.05. The Bertz CT molecular complexity index is 610. The van der Waals surface area contributed by atoms with E-state index in [1.807, 2.05) is 0 Å². The summed E-state index contributed by atoms with van der Waals surface area (Å²) in [6.45, 7) is 0. The fourth-order valence-electron chi connectivity index (χ4n) is 1.31. The average Bonchev–Trinajstić information content (AvgIpc) is 2.76. The van der Waals surface area contributed by atoms with Gasteiger partial charge >= 0.3 is 6.18 Å². The van der Waals surface area contributed by atoms with E-state index in [0.29, 0.717) is 5.56 Å². The van der Waals surface area contributed by atoms with Crippen molar-refractivity contribution in [3.8, 4) is 11.4 Å². The van der Waals surface area contributed by atoms with Gasteiger partial charge in [-0.2, -0.15) is 18.2 Å². The van der Waals surface area contributed by atoms with Crippen LogP contribution in [0.1, 0.15) is 5.89 Å². The Morgan fingerprint density at radius 2 is 2.11 bits per heavy atom. The van der Waals surface area contributed by atoms with Crippen molar-refractivity contribution in [2.75, 3.05) is 0 Å². The third-order valence-corrected chi connectivity index (χ3v) is 2.67. The van der Waals surface area contributed by atoms with E-state index in [1.165, 1.54) is 0 Å². The van der Waals surface area contributed by atoms with Crippen LogP contribution in [0.3, 0.4) is 0 Å². The molecule has 0 atom stereocenters. The van der Waals surface area contributed by atoms with Crippen LogP contribution in [-0.4, -0.2) is 22.1 Å². The maximum absolute atomic E-state index is 12.1. The monoisotopic (exact) mass is 334 g/mol. The van der Waals surface area contributed by atoms with E-state index in [1.54, 1.807) is 24.3 Å². The Hall–Kier alpha value is -1.70. The molecular formula is C11H6BrF3N2O2. The van der Waals surface area contributed by atoms with Crippen LogP contribution in [0, 0.1) is 0 Å². The molecule has 0 saturated heterocycles. The second-order valence-electron chi connectivity index (χ2n) is 3.62. The highest BCUT2D eigenvalue weighted by Gasteiger charge is 2.39. The molecule has 4 nitrogen and oxygen atoms in total. The lowest BCUT2D eigenvalue weighted by molar-refractivity contribution is -0.170.